The van der Waals surface area contributed by atoms with Gasteiger partial charge in [0, 0.05) is 5.92 Å². The topological polar surface area (TPSA) is 37.3 Å². The zero-order valence-electron chi connectivity index (χ0n) is 10.4. The van der Waals surface area contributed by atoms with Crippen LogP contribution in [0.15, 0.2) is 23.0 Å². The lowest BCUT2D eigenvalue weighted by molar-refractivity contribution is -0.120. The maximum absolute atomic E-state index is 11.0. The van der Waals surface area contributed by atoms with Crippen LogP contribution in [-0.4, -0.2) is 10.9 Å². The van der Waals surface area contributed by atoms with Crippen LogP contribution in [0.2, 0.25) is 0 Å². The third-order valence-corrected chi connectivity index (χ3v) is 2.70. The highest BCUT2D eigenvalue weighted by Crippen LogP contribution is 2.15. The van der Waals surface area contributed by atoms with E-state index in [-0.39, 0.29) is 11.7 Å². The fraction of sp³-hybridized carbons (Fsp3) is 0.615. The summed E-state index contributed by atoms with van der Waals surface area (Å²) in [6.07, 6.45) is 3.77. The summed E-state index contributed by atoms with van der Waals surface area (Å²) in [4.78, 5) is 11.0. The van der Waals surface area contributed by atoms with Gasteiger partial charge >= 0.3 is 0 Å². The molecule has 2 heteroatoms. The van der Waals surface area contributed by atoms with Crippen molar-refractivity contribution in [1.82, 2.24) is 0 Å². The number of ketones is 1. The first kappa shape index (κ1) is 13.9. The average molecular weight is 210 g/mol. The molecule has 0 fully saturated rings. The minimum absolute atomic E-state index is 0.132. The lowest BCUT2D eigenvalue weighted by atomic mass is 9.98. The van der Waals surface area contributed by atoms with Gasteiger partial charge in [0.1, 0.15) is 5.78 Å². The van der Waals surface area contributed by atoms with E-state index in [4.69, 9.17) is 0 Å². The first-order chi connectivity index (χ1) is 6.84. The van der Waals surface area contributed by atoms with Crippen LogP contribution in [0.1, 0.15) is 47.5 Å². The SMILES string of the molecule is CC(=O)C(C)CC/C(C)=C/C(C)=C(\C)O. The van der Waals surface area contributed by atoms with Crippen LogP contribution in [-0.2, 0) is 4.79 Å². The fourth-order valence-corrected chi connectivity index (χ4v) is 1.19. The molecular weight excluding hydrogens is 188 g/mol. The van der Waals surface area contributed by atoms with Gasteiger partial charge in [-0.15, -0.1) is 0 Å². The van der Waals surface area contributed by atoms with Gasteiger partial charge in [0.2, 0.25) is 0 Å². The van der Waals surface area contributed by atoms with Crippen molar-refractivity contribution in [3.63, 3.8) is 0 Å². The number of Topliss-reactive ketones (excluding diaryl/α,β-unsaturated/α-hetero) is 1. The lowest BCUT2D eigenvalue weighted by Crippen LogP contribution is -2.05. The monoisotopic (exact) mass is 210 g/mol. The summed E-state index contributed by atoms with van der Waals surface area (Å²) in [5.41, 5.74) is 2.09. The fourth-order valence-electron chi connectivity index (χ4n) is 1.19. The van der Waals surface area contributed by atoms with E-state index in [2.05, 4.69) is 0 Å². The minimum Gasteiger partial charge on any atom is -0.512 e. The van der Waals surface area contributed by atoms with E-state index >= 15 is 0 Å². The molecule has 0 aromatic carbocycles. The standard InChI is InChI=1S/C13H22O2/c1-9(8-11(3)13(5)15)6-7-10(2)12(4)14/h8,10,15H,6-7H2,1-5H3/b9-8+,13-11+. The van der Waals surface area contributed by atoms with Crippen molar-refractivity contribution in [3.8, 4) is 0 Å². The summed E-state index contributed by atoms with van der Waals surface area (Å²) >= 11 is 0. The second kappa shape index (κ2) is 6.44. The second-order valence-electron chi connectivity index (χ2n) is 4.31. The van der Waals surface area contributed by atoms with Crippen LogP contribution >= 0.6 is 0 Å². The molecule has 0 aliphatic rings. The molecule has 0 rings (SSSR count). The number of rotatable bonds is 5. The second-order valence-corrected chi connectivity index (χ2v) is 4.31. The quantitative estimate of drug-likeness (QED) is 0.553. The van der Waals surface area contributed by atoms with Crippen LogP contribution in [0.3, 0.4) is 0 Å². The summed E-state index contributed by atoms with van der Waals surface area (Å²) in [6.45, 7) is 9.17. The van der Waals surface area contributed by atoms with Crippen molar-refractivity contribution >= 4 is 5.78 Å². The van der Waals surface area contributed by atoms with E-state index < -0.39 is 0 Å². The highest BCUT2D eigenvalue weighted by Gasteiger charge is 2.06. The van der Waals surface area contributed by atoms with E-state index in [0.29, 0.717) is 5.76 Å². The molecule has 0 aliphatic carbocycles. The van der Waals surface area contributed by atoms with Crippen molar-refractivity contribution in [3.05, 3.63) is 23.0 Å². The number of aliphatic hydroxyl groups excluding tert-OH is 1. The summed E-state index contributed by atoms with van der Waals surface area (Å²) in [6, 6.07) is 0. The molecular formula is C13H22O2. The zero-order valence-corrected chi connectivity index (χ0v) is 10.4. The Balaban J connectivity index is 4.21. The highest BCUT2D eigenvalue weighted by atomic mass is 16.3. The summed E-state index contributed by atoms with van der Waals surface area (Å²) in [5, 5.41) is 9.22. The van der Waals surface area contributed by atoms with Crippen LogP contribution in [0, 0.1) is 5.92 Å². The molecule has 1 unspecified atom stereocenters. The molecule has 0 spiro atoms. The number of carbonyl (C=O) groups is 1. The predicted octanol–water partition coefficient (Wildman–Crippen LogP) is 3.79. The molecule has 1 N–H and O–H groups in total. The Morgan fingerprint density at radius 1 is 1.27 bits per heavy atom. The Kier molecular flexibility index (Phi) is 5.99. The van der Waals surface area contributed by atoms with Gasteiger partial charge in [-0.2, -0.15) is 0 Å². The van der Waals surface area contributed by atoms with Crippen LogP contribution in [0.25, 0.3) is 0 Å². The highest BCUT2D eigenvalue weighted by molar-refractivity contribution is 5.77. The van der Waals surface area contributed by atoms with Gasteiger partial charge in [0.15, 0.2) is 0 Å². The molecule has 0 saturated carbocycles. The van der Waals surface area contributed by atoms with E-state index in [9.17, 15) is 9.90 Å². The Hall–Kier alpha value is -1.05. The van der Waals surface area contributed by atoms with Gasteiger partial charge in [0.25, 0.3) is 0 Å². The van der Waals surface area contributed by atoms with Gasteiger partial charge in [-0.05, 0) is 46.1 Å². The van der Waals surface area contributed by atoms with E-state index in [1.54, 1.807) is 13.8 Å². The summed E-state index contributed by atoms with van der Waals surface area (Å²) < 4.78 is 0. The lowest BCUT2D eigenvalue weighted by Gasteiger charge is -2.07. The molecule has 86 valence electrons. The molecule has 0 heterocycles. The summed E-state index contributed by atoms with van der Waals surface area (Å²) in [5.74, 6) is 0.732. The number of carbonyl (C=O) groups excluding carboxylic acids is 1. The van der Waals surface area contributed by atoms with E-state index in [0.717, 1.165) is 18.4 Å². The Morgan fingerprint density at radius 2 is 1.80 bits per heavy atom. The first-order valence-corrected chi connectivity index (χ1v) is 5.38. The van der Waals surface area contributed by atoms with E-state index in [1.165, 1.54) is 5.57 Å². The predicted molar refractivity (Wildman–Crippen MR) is 63.8 cm³/mol. The number of aliphatic hydroxyl groups is 1. The molecule has 2 nitrogen and oxygen atoms in total. The molecule has 0 radical (unpaired) electrons. The molecule has 1 atom stereocenters. The number of hydrogen-bond acceptors (Lipinski definition) is 2. The van der Waals surface area contributed by atoms with Gasteiger partial charge in [-0.1, -0.05) is 18.6 Å². The molecule has 0 aromatic heterocycles. The molecule has 0 aromatic rings. The third kappa shape index (κ3) is 6.10. The Bertz CT molecular complexity index is 281. The van der Waals surface area contributed by atoms with Crippen LogP contribution in [0.5, 0.6) is 0 Å². The maximum Gasteiger partial charge on any atom is 0.132 e. The van der Waals surface area contributed by atoms with Gasteiger partial charge in [0.05, 0.1) is 5.76 Å². The van der Waals surface area contributed by atoms with Crippen molar-refractivity contribution in [1.29, 1.82) is 0 Å². The molecule has 0 amide bonds. The smallest absolute Gasteiger partial charge is 0.132 e. The van der Waals surface area contributed by atoms with E-state index in [1.807, 2.05) is 26.8 Å². The molecule has 0 aliphatic heterocycles. The largest absolute Gasteiger partial charge is 0.512 e. The van der Waals surface area contributed by atoms with Crippen molar-refractivity contribution in [2.75, 3.05) is 0 Å². The van der Waals surface area contributed by atoms with Gasteiger partial charge in [-0.3, -0.25) is 4.79 Å². The minimum atomic E-state index is 0.132. The number of hydrogen-bond donors (Lipinski definition) is 1. The molecule has 15 heavy (non-hydrogen) atoms. The average Bonchev–Trinajstić information content (AvgIpc) is 2.13. The van der Waals surface area contributed by atoms with Crippen LogP contribution in [0.4, 0.5) is 0 Å². The molecule has 0 bridgehead atoms. The maximum atomic E-state index is 11.0. The molecule has 0 saturated heterocycles. The Labute approximate surface area is 92.7 Å². The van der Waals surface area contributed by atoms with Crippen molar-refractivity contribution in [2.24, 2.45) is 5.92 Å². The van der Waals surface area contributed by atoms with Crippen molar-refractivity contribution < 1.29 is 9.90 Å². The number of allylic oxidation sites excluding steroid dienone is 4. The zero-order chi connectivity index (χ0) is 12.0. The van der Waals surface area contributed by atoms with Gasteiger partial charge < -0.3 is 5.11 Å². The Morgan fingerprint density at radius 3 is 2.20 bits per heavy atom. The first-order valence-electron chi connectivity index (χ1n) is 5.38. The van der Waals surface area contributed by atoms with Gasteiger partial charge in [-0.25, -0.2) is 0 Å². The summed E-state index contributed by atoms with van der Waals surface area (Å²) in [7, 11) is 0. The normalized spacial score (nSPS) is 15.9. The third-order valence-electron chi connectivity index (χ3n) is 2.70. The van der Waals surface area contributed by atoms with Crippen LogP contribution < -0.4 is 0 Å². The van der Waals surface area contributed by atoms with Crippen molar-refractivity contribution in [2.45, 2.75) is 47.5 Å².